The number of nitrogens with zero attached hydrogens (tertiary/aromatic N) is 1. The Morgan fingerprint density at radius 1 is 1.19 bits per heavy atom. The molecule has 1 aromatic heterocycles. The Hall–Kier alpha value is -2.12. The summed E-state index contributed by atoms with van der Waals surface area (Å²) in [5.41, 5.74) is 3.58. The first-order valence-corrected chi connectivity index (χ1v) is 8.42. The van der Waals surface area contributed by atoms with Gasteiger partial charge in [-0.2, -0.15) is 0 Å². The van der Waals surface area contributed by atoms with E-state index in [2.05, 4.69) is 20.6 Å². The second-order valence-electron chi connectivity index (χ2n) is 6.18. The van der Waals surface area contributed by atoms with Gasteiger partial charge in [0.25, 0.3) is 0 Å². The molecule has 0 unspecified atom stereocenters. The lowest BCUT2D eigenvalue weighted by Gasteiger charge is -2.29. The van der Waals surface area contributed by atoms with Crippen LogP contribution < -0.4 is 10.6 Å². The van der Waals surface area contributed by atoms with Crippen LogP contribution >= 0.6 is 24.8 Å². The molecular formula is C19H22Cl2N4O2. The Morgan fingerprint density at radius 3 is 2.78 bits per heavy atom. The lowest BCUT2D eigenvalue weighted by molar-refractivity contribution is -0.123. The Morgan fingerprint density at radius 2 is 2.00 bits per heavy atom. The minimum Gasteiger partial charge on any atom is -0.375 e. The molecule has 0 aliphatic carbocycles. The van der Waals surface area contributed by atoms with Crippen LogP contribution in [0.15, 0.2) is 48.5 Å². The monoisotopic (exact) mass is 408 g/mol. The third-order valence-electron chi connectivity index (χ3n) is 4.39. The molecule has 3 N–H and O–H groups in total. The lowest BCUT2D eigenvalue weighted by atomic mass is 10.1. The molecule has 1 amide bonds. The fraction of sp³-hybridized carbons (Fsp3) is 0.263. The van der Waals surface area contributed by atoms with Crippen LogP contribution in [0.3, 0.4) is 0 Å². The van der Waals surface area contributed by atoms with Crippen LogP contribution in [-0.2, 0) is 9.53 Å². The number of hydrogen-bond donors (Lipinski definition) is 3. The molecule has 1 aliphatic rings. The summed E-state index contributed by atoms with van der Waals surface area (Å²) in [6.07, 6.45) is -0.146. The van der Waals surface area contributed by atoms with Crippen molar-refractivity contribution in [2.24, 2.45) is 0 Å². The quantitative estimate of drug-likeness (QED) is 0.620. The highest BCUT2D eigenvalue weighted by Crippen LogP contribution is 2.23. The maximum Gasteiger partial charge on any atom is 0.244 e. The predicted octanol–water partition coefficient (Wildman–Crippen LogP) is 3.39. The number of aromatic nitrogens is 2. The second kappa shape index (κ2) is 9.19. The molecule has 27 heavy (non-hydrogen) atoms. The zero-order valence-corrected chi connectivity index (χ0v) is 16.4. The number of nitrogens with one attached hydrogen (secondary N) is 3. The van der Waals surface area contributed by atoms with Gasteiger partial charge in [-0.25, -0.2) is 4.98 Å². The summed E-state index contributed by atoms with van der Waals surface area (Å²) in [6, 6.07) is 15.2. The van der Waals surface area contributed by atoms with Crippen LogP contribution in [0.25, 0.3) is 22.4 Å². The van der Waals surface area contributed by atoms with Gasteiger partial charge in [0.1, 0.15) is 11.9 Å². The average Bonchev–Trinajstić information content (AvgIpc) is 3.06. The molecule has 144 valence electrons. The van der Waals surface area contributed by atoms with Gasteiger partial charge >= 0.3 is 0 Å². The molecule has 0 bridgehead atoms. The molecule has 1 saturated heterocycles. The van der Waals surface area contributed by atoms with E-state index in [9.17, 15) is 4.79 Å². The van der Waals surface area contributed by atoms with Gasteiger partial charge in [-0.3, -0.25) is 4.79 Å². The highest BCUT2D eigenvalue weighted by atomic mass is 35.5. The number of para-hydroxylation sites is 2. The van der Waals surface area contributed by atoms with E-state index in [1.807, 2.05) is 55.5 Å². The van der Waals surface area contributed by atoms with Crippen molar-refractivity contribution in [3.05, 3.63) is 48.5 Å². The van der Waals surface area contributed by atoms with E-state index in [-0.39, 0.29) is 42.9 Å². The van der Waals surface area contributed by atoms with E-state index in [0.717, 1.165) is 28.1 Å². The first-order valence-electron chi connectivity index (χ1n) is 8.42. The fourth-order valence-corrected chi connectivity index (χ4v) is 3.08. The molecule has 1 fully saturated rings. The number of ether oxygens (including phenoxy) is 1. The van der Waals surface area contributed by atoms with Crippen molar-refractivity contribution in [1.29, 1.82) is 0 Å². The van der Waals surface area contributed by atoms with E-state index in [1.165, 1.54) is 0 Å². The summed E-state index contributed by atoms with van der Waals surface area (Å²) in [7, 11) is 0. The number of rotatable bonds is 3. The summed E-state index contributed by atoms with van der Waals surface area (Å²) < 4.78 is 5.54. The van der Waals surface area contributed by atoms with E-state index < -0.39 is 0 Å². The van der Waals surface area contributed by atoms with Crippen LogP contribution in [-0.4, -0.2) is 41.2 Å². The SMILES string of the molecule is C[C@H]1OCCN[C@@H]1C(=O)Nc1cccc(-c2nc3ccccc3[nH]2)c1.Cl.Cl. The fourth-order valence-electron chi connectivity index (χ4n) is 3.08. The largest absolute Gasteiger partial charge is 0.375 e. The van der Waals surface area contributed by atoms with Crippen LogP contribution in [0.1, 0.15) is 6.92 Å². The maximum atomic E-state index is 12.5. The zero-order chi connectivity index (χ0) is 17.2. The van der Waals surface area contributed by atoms with Crippen molar-refractivity contribution in [1.82, 2.24) is 15.3 Å². The molecule has 2 atom stereocenters. The summed E-state index contributed by atoms with van der Waals surface area (Å²) >= 11 is 0. The molecule has 0 radical (unpaired) electrons. The first kappa shape index (κ1) is 21.2. The number of halogens is 2. The number of carbonyl (C=O) groups excluding carboxylic acids is 1. The molecule has 8 heteroatoms. The number of hydrogen-bond acceptors (Lipinski definition) is 4. The zero-order valence-electron chi connectivity index (χ0n) is 14.8. The maximum absolute atomic E-state index is 12.5. The molecule has 2 aromatic carbocycles. The number of aromatic amines is 1. The van der Waals surface area contributed by atoms with Gasteiger partial charge in [-0.05, 0) is 31.2 Å². The van der Waals surface area contributed by atoms with Gasteiger partial charge < -0.3 is 20.4 Å². The van der Waals surface area contributed by atoms with Crippen molar-refractivity contribution in [3.8, 4) is 11.4 Å². The number of imidazole rings is 1. The van der Waals surface area contributed by atoms with Gasteiger partial charge in [0.2, 0.25) is 5.91 Å². The molecular weight excluding hydrogens is 387 g/mol. The van der Waals surface area contributed by atoms with Crippen molar-refractivity contribution in [3.63, 3.8) is 0 Å². The van der Waals surface area contributed by atoms with Crippen LogP contribution in [0.4, 0.5) is 5.69 Å². The predicted molar refractivity (Wildman–Crippen MR) is 112 cm³/mol. The van der Waals surface area contributed by atoms with E-state index in [4.69, 9.17) is 4.74 Å². The van der Waals surface area contributed by atoms with Gasteiger partial charge in [0.15, 0.2) is 0 Å². The summed E-state index contributed by atoms with van der Waals surface area (Å²) in [5, 5.41) is 6.16. The van der Waals surface area contributed by atoms with Gasteiger partial charge in [-0.1, -0.05) is 24.3 Å². The van der Waals surface area contributed by atoms with E-state index in [0.29, 0.717) is 13.2 Å². The number of benzene rings is 2. The minimum absolute atomic E-state index is 0. The Bertz CT molecular complexity index is 882. The summed E-state index contributed by atoms with van der Waals surface area (Å²) in [6.45, 7) is 3.22. The Kier molecular flexibility index (Phi) is 7.21. The first-order chi connectivity index (χ1) is 12.2. The van der Waals surface area contributed by atoms with Crippen molar-refractivity contribution in [2.45, 2.75) is 19.1 Å². The summed E-state index contributed by atoms with van der Waals surface area (Å²) in [5.74, 6) is 0.693. The van der Waals surface area contributed by atoms with Gasteiger partial charge in [-0.15, -0.1) is 24.8 Å². The molecule has 0 saturated carbocycles. The molecule has 1 aliphatic heterocycles. The van der Waals surface area contributed by atoms with E-state index >= 15 is 0 Å². The average molecular weight is 409 g/mol. The number of morpholine rings is 1. The molecule has 3 aromatic rings. The van der Waals surface area contributed by atoms with Crippen molar-refractivity contribution < 1.29 is 9.53 Å². The number of carbonyl (C=O) groups is 1. The third-order valence-corrected chi connectivity index (χ3v) is 4.39. The van der Waals surface area contributed by atoms with Crippen LogP contribution in [0.2, 0.25) is 0 Å². The summed E-state index contributed by atoms with van der Waals surface area (Å²) in [4.78, 5) is 20.4. The standard InChI is InChI=1S/C19H20N4O2.2ClH/c1-12-17(20-9-10-25-12)19(24)21-14-6-4-5-13(11-14)18-22-15-7-2-3-8-16(15)23-18;;/h2-8,11-12,17,20H,9-10H2,1H3,(H,21,24)(H,22,23);2*1H/t12-,17+;;/m1../s1. The smallest absolute Gasteiger partial charge is 0.244 e. The number of amides is 1. The normalized spacial score (nSPS) is 19.0. The Balaban J connectivity index is 0.00000131. The van der Waals surface area contributed by atoms with Crippen molar-refractivity contribution >= 4 is 47.4 Å². The topological polar surface area (TPSA) is 79.0 Å². The molecule has 2 heterocycles. The Labute approximate surface area is 169 Å². The number of fused-ring (bicyclic) bond motifs is 1. The lowest BCUT2D eigenvalue weighted by Crippen LogP contribution is -2.53. The third kappa shape index (κ3) is 4.59. The molecule has 4 rings (SSSR count). The minimum atomic E-state index is -0.344. The van der Waals surface area contributed by atoms with Crippen molar-refractivity contribution in [2.75, 3.05) is 18.5 Å². The highest BCUT2D eigenvalue weighted by molar-refractivity contribution is 5.96. The molecule has 0 spiro atoms. The molecule has 6 nitrogen and oxygen atoms in total. The van der Waals surface area contributed by atoms with E-state index in [1.54, 1.807) is 0 Å². The highest BCUT2D eigenvalue weighted by Gasteiger charge is 2.28. The van der Waals surface area contributed by atoms with Gasteiger partial charge in [0, 0.05) is 17.8 Å². The second-order valence-corrected chi connectivity index (χ2v) is 6.18. The van der Waals surface area contributed by atoms with Crippen LogP contribution in [0.5, 0.6) is 0 Å². The number of H-pyrrole nitrogens is 1. The van der Waals surface area contributed by atoms with Gasteiger partial charge in [0.05, 0.1) is 23.7 Å². The number of anilines is 1. The van der Waals surface area contributed by atoms with Crippen LogP contribution in [0, 0.1) is 0 Å².